The number of hydrogen-bond acceptors (Lipinski definition) is 2. The van der Waals surface area contributed by atoms with Crippen LogP contribution in [-0.2, 0) is 0 Å². The van der Waals surface area contributed by atoms with Crippen LogP contribution in [0.15, 0.2) is 18.2 Å². The third kappa shape index (κ3) is 2.86. The number of alkyl halides is 2. The molecule has 0 fully saturated rings. The normalized spacial score (nSPS) is 9.93. The van der Waals surface area contributed by atoms with Gasteiger partial charge in [0.15, 0.2) is 0 Å². The summed E-state index contributed by atoms with van der Waals surface area (Å²) in [7, 11) is 0. The Labute approximate surface area is 84.7 Å². The van der Waals surface area contributed by atoms with Gasteiger partial charge in [0.25, 0.3) is 6.43 Å². The fraction of sp³-hybridized carbons (Fsp3) is 0.222. The third-order valence-corrected chi connectivity index (χ3v) is 1.66. The Bertz CT molecular complexity index is 362. The number of benzene rings is 1. The van der Waals surface area contributed by atoms with E-state index < -0.39 is 13.0 Å². The van der Waals surface area contributed by atoms with Crippen molar-refractivity contribution in [3.63, 3.8) is 0 Å². The van der Waals surface area contributed by atoms with Crippen LogP contribution in [-0.4, -0.2) is 13.0 Å². The van der Waals surface area contributed by atoms with Crippen LogP contribution in [0.5, 0.6) is 5.75 Å². The molecule has 0 bridgehead atoms. The van der Waals surface area contributed by atoms with E-state index in [4.69, 9.17) is 21.6 Å². The summed E-state index contributed by atoms with van der Waals surface area (Å²) < 4.78 is 28.3. The molecule has 0 heterocycles. The first-order valence-corrected chi connectivity index (χ1v) is 4.12. The summed E-state index contributed by atoms with van der Waals surface area (Å²) in [5.41, 5.74) is 0.190. The van der Waals surface area contributed by atoms with Crippen molar-refractivity contribution in [2.45, 2.75) is 6.43 Å². The molecule has 0 N–H and O–H groups in total. The van der Waals surface area contributed by atoms with Gasteiger partial charge < -0.3 is 4.74 Å². The van der Waals surface area contributed by atoms with E-state index in [1.807, 2.05) is 6.07 Å². The first-order chi connectivity index (χ1) is 6.63. The van der Waals surface area contributed by atoms with Crippen molar-refractivity contribution in [3.8, 4) is 11.8 Å². The number of nitrogens with zero attached hydrogens (tertiary/aromatic N) is 1. The molecule has 0 radical (unpaired) electrons. The Morgan fingerprint density at radius 2 is 2.21 bits per heavy atom. The van der Waals surface area contributed by atoms with Gasteiger partial charge >= 0.3 is 0 Å². The Morgan fingerprint density at radius 1 is 1.50 bits per heavy atom. The van der Waals surface area contributed by atoms with Crippen molar-refractivity contribution in [2.75, 3.05) is 6.61 Å². The number of rotatable bonds is 3. The lowest BCUT2D eigenvalue weighted by atomic mass is 10.2. The Balaban J connectivity index is 2.84. The van der Waals surface area contributed by atoms with Crippen molar-refractivity contribution >= 4 is 11.6 Å². The minimum atomic E-state index is -2.57. The van der Waals surface area contributed by atoms with Gasteiger partial charge in [0, 0.05) is 11.1 Å². The lowest BCUT2D eigenvalue weighted by Crippen LogP contribution is -2.07. The molecule has 0 aromatic heterocycles. The standard InChI is InChI=1S/C9H6ClF2NO/c10-7-2-1-6(4-13)8(3-7)14-5-9(11)12/h1-3,9H,5H2. The first-order valence-electron chi connectivity index (χ1n) is 3.74. The monoisotopic (exact) mass is 217 g/mol. The van der Waals surface area contributed by atoms with Crippen molar-refractivity contribution < 1.29 is 13.5 Å². The molecule has 1 aromatic carbocycles. The van der Waals surface area contributed by atoms with Gasteiger partial charge in [-0.05, 0) is 12.1 Å². The molecular weight excluding hydrogens is 212 g/mol. The van der Waals surface area contributed by atoms with Crippen LogP contribution >= 0.6 is 11.6 Å². The maximum absolute atomic E-state index is 11.8. The van der Waals surface area contributed by atoms with Crippen LogP contribution in [0.1, 0.15) is 5.56 Å². The minimum absolute atomic E-state index is 0.0836. The van der Waals surface area contributed by atoms with Gasteiger partial charge in [0.05, 0.1) is 5.56 Å². The van der Waals surface area contributed by atoms with Crippen LogP contribution in [0.3, 0.4) is 0 Å². The number of ether oxygens (including phenoxy) is 1. The predicted octanol–water partition coefficient (Wildman–Crippen LogP) is 2.86. The average molecular weight is 218 g/mol. The molecule has 1 rings (SSSR count). The van der Waals surface area contributed by atoms with E-state index in [2.05, 4.69) is 0 Å². The zero-order valence-corrected chi connectivity index (χ0v) is 7.76. The quantitative estimate of drug-likeness (QED) is 0.780. The second-order valence-electron chi connectivity index (χ2n) is 2.45. The van der Waals surface area contributed by atoms with Crippen LogP contribution in [0.4, 0.5) is 8.78 Å². The number of hydrogen-bond donors (Lipinski definition) is 0. The summed E-state index contributed by atoms with van der Waals surface area (Å²) in [6, 6.07) is 6.07. The van der Waals surface area contributed by atoms with Crippen LogP contribution < -0.4 is 4.74 Å². The molecule has 0 amide bonds. The van der Waals surface area contributed by atoms with Gasteiger partial charge in [0.1, 0.15) is 18.4 Å². The molecule has 14 heavy (non-hydrogen) atoms. The minimum Gasteiger partial charge on any atom is -0.486 e. The SMILES string of the molecule is N#Cc1ccc(Cl)cc1OCC(F)F. The summed E-state index contributed by atoms with van der Waals surface area (Å²) in [5, 5.41) is 8.95. The summed E-state index contributed by atoms with van der Waals surface area (Å²) in [5.74, 6) is 0.0836. The molecule has 0 unspecified atom stereocenters. The lowest BCUT2D eigenvalue weighted by molar-refractivity contribution is 0.0818. The second kappa shape index (κ2) is 4.77. The van der Waals surface area contributed by atoms with Crippen molar-refractivity contribution in [2.24, 2.45) is 0 Å². The second-order valence-corrected chi connectivity index (χ2v) is 2.89. The summed E-state index contributed by atoms with van der Waals surface area (Å²) in [6.07, 6.45) is -2.57. The first kappa shape index (κ1) is 10.7. The van der Waals surface area contributed by atoms with E-state index >= 15 is 0 Å². The fourth-order valence-electron chi connectivity index (χ4n) is 0.861. The Hall–Kier alpha value is -1.34. The summed E-state index contributed by atoms with van der Waals surface area (Å²) >= 11 is 5.61. The highest BCUT2D eigenvalue weighted by atomic mass is 35.5. The summed E-state index contributed by atoms with van der Waals surface area (Å²) in [6.45, 7) is -0.741. The smallest absolute Gasteiger partial charge is 0.272 e. The molecule has 0 aliphatic carbocycles. The molecule has 74 valence electrons. The zero-order chi connectivity index (χ0) is 10.6. The molecule has 0 atom stereocenters. The van der Waals surface area contributed by atoms with Crippen molar-refractivity contribution in [1.82, 2.24) is 0 Å². The maximum atomic E-state index is 11.8. The van der Waals surface area contributed by atoms with Crippen molar-refractivity contribution in [3.05, 3.63) is 28.8 Å². The van der Waals surface area contributed by atoms with Gasteiger partial charge in [0.2, 0.25) is 0 Å². The highest BCUT2D eigenvalue weighted by Gasteiger charge is 2.08. The van der Waals surface area contributed by atoms with Gasteiger partial charge in [-0.3, -0.25) is 0 Å². The summed E-state index contributed by atoms with van der Waals surface area (Å²) in [4.78, 5) is 0. The van der Waals surface area contributed by atoms with E-state index in [1.54, 1.807) is 0 Å². The van der Waals surface area contributed by atoms with Gasteiger partial charge in [-0.25, -0.2) is 8.78 Å². The molecule has 5 heteroatoms. The Kier molecular flexibility index (Phi) is 3.66. The van der Waals surface area contributed by atoms with Crippen LogP contribution in [0.25, 0.3) is 0 Å². The Morgan fingerprint density at radius 3 is 2.79 bits per heavy atom. The lowest BCUT2D eigenvalue weighted by Gasteiger charge is -2.06. The zero-order valence-electron chi connectivity index (χ0n) is 7.01. The number of halogens is 3. The van der Waals surface area contributed by atoms with Crippen LogP contribution in [0.2, 0.25) is 5.02 Å². The third-order valence-electron chi connectivity index (χ3n) is 1.43. The van der Waals surface area contributed by atoms with E-state index in [-0.39, 0.29) is 11.3 Å². The van der Waals surface area contributed by atoms with E-state index in [0.29, 0.717) is 5.02 Å². The molecule has 0 spiro atoms. The van der Waals surface area contributed by atoms with E-state index in [0.717, 1.165) is 0 Å². The largest absolute Gasteiger partial charge is 0.486 e. The molecular formula is C9H6ClF2NO. The average Bonchev–Trinajstić information content (AvgIpc) is 2.15. The molecule has 2 nitrogen and oxygen atoms in total. The van der Waals surface area contributed by atoms with Gasteiger partial charge in [-0.1, -0.05) is 11.6 Å². The number of nitriles is 1. The van der Waals surface area contributed by atoms with Gasteiger partial charge in [-0.2, -0.15) is 5.26 Å². The molecule has 0 aliphatic rings. The van der Waals surface area contributed by atoms with E-state index in [9.17, 15) is 8.78 Å². The molecule has 0 saturated carbocycles. The topological polar surface area (TPSA) is 33.0 Å². The molecule has 1 aromatic rings. The van der Waals surface area contributed by atoms with E-state index in [1.165, 1.54) is 18.2 Å². The highest BCUT2D eigenvalue weighted by molar-refractivity contribution is 6.30. The fourth-order valence-corrected chi connectivity index (χ4v) is 1.02. The molecule has 0 aliphatic heterocycles. The predicted molar refractivity (Wildman–Crippen MR) is 47.7 cm³/mol. The van der Waals surface area contributed by atoms with Crippen molar-refractivity contribution in [1.29, 1.82) is 5.26 Å². The maximum Gasteiger partial charge on any atom is 0.272 e. The molecule has 0 saturated heterocycles. The van der Waals surface area contributed by atoms with Crippen LogP contribution in [0, 0.1) is 11.3 Å². The van der Waals surface area contributed by atoms with Gasteiger partial charge in [-0.15, -0.1) is 0 Å². The highest BCUT2D eigenvalue weighted by Crippen LogP contribution is 2.22.